The molecule has 0 fully saturated rings. The summed E-state index contributed by atoms with van der Waals surface area (Å²) >= 11 is 1.54. The van der Waals surface area contributed by atoms with Gasteiger partial charge in [-0.1, -0.05) is 12.1 Å². The van der Waals surface area contributed by atoms with Gasteiger partial charge in [0.25, 0.3) is 10.0 Å². The zero-order valence-corrected chi connectivity index (χ0v) is 16.7. The summed E-state index contributed by atoms with van der Waals surface area (Å²) in [4.78, 5) is 24.5. The van der Waals surface area contributed by atoms with Gasteiger partial charge in [-0.25, -0.2) is 17.9 Å². The van der Waals surface area contributed by atoms with Gasteiger partial charge < -0.3 is 15.4 Å². The minimum absolute atomic E-state index is 0.0117. The summed E-state index contributed by atoms with van der Waals surface area (Å²) in [7, 11) is -1.52. The Labute approximate surface area is 162 Å². The zero-order chi connectivity index (χ0) is 20.0. The summed E-state index contributed by atoms with van der Waals surface area (Å²) in [6.45, 7) is 1.88. The van der Waals surface area contributed by atoms with Crippen LogP contribution in [-0.4, -0.2) is 34.5 Å². The molecule has 1 aromatic carbocycles. The third-order valence-electron chi connectivity index (χ3n) is 3.68. The quantitative estimate of drug-likeness (QED) is 0.643. The molecule has 0 saturated heterocycles. The van der Waals surface area contributed by atoms with Gasteiger partial charge in [0.15, 0.2) is 0 Å². The van der Waals surface area contributed by atoms with Gasteiger partial charge in [0.05, 0.1) is 19.6 Å². The average molecular weight is 412 g/mol. The van der Waals surface area contributed by atoms with Crippen LogP contribution in [0.15, 0.2) is 40.6 Å². The van der Waals surface area contributed by atoms with Crippen LogP contribution in [0.2, 0.25) is 0 Å². The highest BCUT2D eigenvalue weighted by Gasteiger charge is 2.23. The summed E-state index contributed by atoms with van der Waals surface area (Å²) in [5.41, 5.74) is 0.476. The summed E-state index contributed by atoms with van der Waals surface area (Å²) < 4.78 is 31.7. The largest absolute Gasteiger partial charge is 0.495 e. The molecule has 1 atom stereocenters. The summed E-state index contributed by atoms with van der Waals surface area (Å²) in [6.07, 6.45) is -0.0117. The number of sulfonamides is 1. The Hall–Kier alpha value is -2.59. The van der Waals surface area contributed by atoms with E-state index in [2.05, 4.69) is 10.6 Å². The number of carbonyl (C=O) groups is 2. The van der Waals surface area contributed by atoms with E-state index >= 15 is 0 Å². The van der Waals surface area contributed by atoms with E-state index in [1.807, 2.05) is 29.2 Å². The fraction of sp³-hybridized carbons (Fsp3) is 0.294. The van der Waals surface area contributed by atoms with Gasteiger partial charge in [-0.3, -0.25) is 4.79 Å². The van der Waals surface area contributed by atoms with Gasteiger partial charge in [-0.05, 0) is 36.1 Å². The van der Waals surface area contributed by atoms with Gasteiger partial charge in [0, 0.05) is 11.9 Å². The van der Waals surface area contributed by atoms with Crippen molar-refractivity contribution in [2.24, 2.45) is 0 Å². The molecule has 10 heteroatoms. The predicted octanol–water partition coefficient (Wildman–Crippen LogP) is 1.79. The molecule has 0 radical (unpaired) electrons. The van der Waals surface area contributed by atoms with E-state index in [0.29, 0.717) is 5.56 Å². The molecule has 27 heavy (non-hydrogen) atoms. The van der Waals surface area contributed by atoms with Gasteiger partial charge >= 0.3 is 6.03 Å². The lowest BCUT2D eigenvalue weighted by molar-refractivity contribution is -0.121. The Balaban J connectivity index is 2.18. The molecule has 3 amide bonds. The Kier molecular flexibility index (Phi) is 6.81. The maximum atomic E-state index is 12.4. The Morgan fingerprint density at radius 2 is 2.00 bits per heavy atom. The number of carbonyl (C=O) groups excluding carboxylic acids is 2. The molecule has 0 spiro atoms. The first-order valence-electron chi connectivity index (χ1n) is 8.01. The smallest absolute Gasteiger partial charge is 0.328 e. The van der Waals surface area contributed by atoms with Gasteiger partial charge in [0.1, 0.15) is 10.6 Å². The molecule has 2 aromatic rings. The highest BCUT2D eigenvalue weighted by molar-refractivity contribution is 7.90. The van der Waals surface area contributed by atoms with Crippen molar-refractivity contribution in [1.29, 1.82) is 0 Å². The monoisotopic (exact) mass is 411 g/mol. The van der Waals surface area contributed by atoms with Crippen molar-refractivity contribution in [3.8, 4) is 5.75 Å². The van der Waals surface area contributed by atoms with Crippen LogP contribution in [0, 0.1) is 0 Å². The van der Waals surface area contributed by atoms with Crippen molar-refractivity contribution >= 4 is 33.3 Å². The van der Waals surface area contributed by atoms with Gasteiger partial charge in [0.2, 0.25) is 5.91 Å². The fourth-order valence-corrected chi connectivity index (χ4v) is 4.27. The van der Waals surface area contributed by atoms with Crippen molar-refractivity contribution in [2.75, 3.05) is 14.2 Å². The standard InChI is InChI=1S/C17H21N3O5S2/c1-11(14-5-4-8-26-14)19-16(21)10-12-6-7-13(25-3)15(9-12)27(23,24)20-17(22)18-2/h4-9,11H,10H2,1-3H3,(H,19,21)(H2,18,20,22). The number of urea groups is 1. The molecule has 2 rings (SSSR count). The molecule has 0 saturated carbocycles. The van der Waals surface area contributed by atoms with Crippen LogP contribution in [0.3, 0.4) is 0 Å². The van der Waals surface area contributed by atoms with E-state index in [1.54, 1.807) is 17.4 Å². The molecule has 1 unspecified atom stereocenters. The number of amides is 3. The SMILES string of the molecule is CNC(=O)NS(=O)(=O)c1cc(CC(=O)NC(C)c2cccs2)ccc1OC. The molecule has 0 bridgehead atoms. The number of hydrogen-bond acceptors (Lipinski definition) is 6. The minimum atomic E-state index is -4.15. The Morgan fingerprint density at radius 1 is 1.26 bits per heavy atom. The summed E-state index contributed by atoms with van der Waals surface area (Å²) in [6, 6.07) is 7.19. The van der Waals surface area contributed by atoms with Crippen LogP contribution in [0.1, 0.15) is 23.4 Å². The number of ether oxygens (including phenoxy) is 1. The molecule has 1 heterocycles. The number of thiophene rings is 1. The molecule has 8 nitrogen and oxygen atoms in total. The minimum Gasteiger partial charge on any atom is -0.495 e. The van der Waals surface area contributed by atoms with Gasteiger partial charge in [-0.15, -0.1) is 11.3 Å². The topological polar surface area (TPSA) is 114 Å². The van der Waals surface area contributed by atoms with E-state index in [0.717, 1.165) is 4.88 Å². The number of hydrogen-bond donors (Lipinski definition) is 3. The van der Waals surface area contributed by atoms with Gasteiger partial charge in [-0.2, -0.15) is 0 Å². The fourth-order valence-electron chi connectivity index (χ4n) is 2.36. The van der Waals surface area contributed by atoms with Crippen LogP contribution >= 0.6 is 11.3 Å². The summed E-state index contributed by atoms with van der Waals surface area (Å²) in [5.74, 6) is -0.175. The molecule has 3 N–H and O–H groups in total. The first-order valence-corrected chi connectivity index (χ1v) is 10.4. The first kappa shape index (κ1) is 20.7. The molecular formula is C17H21N3O5S2. The van der Waals surface area contributed by atoms with E-state index in [1.165, 1.54) is 26.3 Å². The van der Waals surface area contributed by atoms with Crippen molar-refractivity contribution in [3.05, 3.63) is 46.2 Å². The van der Waals surface area contributed by atoms with E-state index in [9.17, 15) is 18.0 Å². The van der Waals surface area contributed by atoms with Crippen LogP contribution in [-0.2, 0) is 21.2 Å². The van der Waals surface area contributed by atoms with Crippen molar-refractivity contribution < 1.29 is 22.7 Å². The lowest BCUT2D eigenvalue weighted by Crippen LogP contribution is -2.37. The third-order valence-corrected chi connectivity index (χ3v) is 6.09. The maximum absolute atomic E-state index is 12.4. The van der Waals surface area contributed by atoms with Crippen LogP contribution in [0.25, 0.3) is 0 Å². The van der Waals surface area contributed by atoms with Crippen molar-refractivity contribution in [2.45, 2.75) is 24.3 Å². The third kappa shape index (κ3) is 5.44. The lowest BCUT2D eigenvalue weighted by atomic mass is 10.1. The van der Waals surface area contributed by atoms with Crippen LogP contribution < -0.4 is 20.1 Å². The average Bonchev–Trinajstić information content (AvgIpc) is 3.16. The Bertz CT molecular complexity index is 911. The molecule has 0 aliphatic rings. The number of nitrogens with one attached hydrogen (secondary N) is 3. The second-order valence-electron chi connectivity index (χ2n) is 5.65. The second kappa shape index (κ2) is 8.87. The van der Waals surface area contributed by atoms with E-state index < -0.39 is 16.1 Å². The second-order valence-corrected chi connectivity index (χ2v) is 8.28. The van der Waals surface area contributed by atoms with Crippen molar-refractivity contribution in [1.82, 2.24) is 15.4 Å². The van der Waals surface area contributed by atoms with Crippen LogP contribution in [0.4, 0.5) is 4.79 Å². The Morgan fingerprint density at radius 3 is 2.59 bits per heavy atom. The normalized spacial score (nSPS) is 12.1. The highest BCUT2D eigenvalue weighted by atomic mass is 32.2. The van der Waals surface area contributed by atoms with E-state index in [-0.39, 0.29) is 29.0 Å². The lowest BCUT2D eigenvalue weighted by Gasteiger charge is -2.14. The molecular weight excluding hydrogens is 390 g/mol. The highest BCUT2D eigenvalue weighted by Crippen LogP contribution is 2.25. The molecule has 0 aliphatic heterocycles. The number of methoxy groups -OCH3 is 1. The van der Waals surface area contributed by atoms with Crippen LogP contribution in [0.5, 0.6) is 5.75 Å². The molecule has 0 aliphatic carbocycles. The summed E-state index contributed by atoms with van der Waals surface area (Å²) in [5, 5.41) is 6.98. The first-order chi connectivity index (χ1) is 12.8. The zero-order valence-electron chi connectivity index (χ0n) is 15.1. The number of benzene rings is 1. The van der Waals surface area contributed by atoms with E-state index in [4.69, 9.17) is 4.74 Å². The van der Waals surface area contributed by atoms with Crippen molar-refractivity contribution in [3.63, 3.8) is 0 Å². The predicted molar refractivity (Wildman–Crippen MR) is 102 cm³/mol. The molecule has 1 aromatic heterocycles. The number of rotatable bonds is 7. The maximum Gasteiger partial charge on any atom is 0.328 e. The molecule has 146 valence electrons.